The van der Waals surface area contributed by atoms with E-state index in [-0.39, 0.29) is 11.6 Å². The highest BCUT2D eigenvalue weighted by atomic mass is 28.4. The van der Waals surface area contributed by atoms with Crippen molar-refractivity contribution in [3.63, 3.8) is 0 Å². The zero-order valence-corrected chi connectivity index (χ0v) is 21.2. The van der Waals surface area contributed by atoms with Gasteiger partial charge in [0.2, 0.25) is 0 Å². The summed E-state index contributed by atoms with van der Waals surface area (Å²) in [6.45, 7) is 8.72. The van der Waals surface area contributed by atoms with E-state index in [1.165, 1.54) is 17.3 Å². The molecule has 0 saturated carbocycles. The molecule has 0 radical (unpaired) electrons. The van der Waals surface area contributed by atoms with E-state index in [0.29, 0.717) is 13.0 Å². The van der Waals surface area contributed by atoms with E-state index >= 15 is 0 Å². The number of hydrogen-bond donors (Lipinski definition) is 1. The van der Waals surface area contributed by atoms with Crippen LogP contribution in [0.1, 0.15) is 34.1 Å². The van der Waals surface area contributed by atoms with Gasteiger partial charge in [-0.2, -0.15) is 0 Å². The molecule has 2 aromatic carbocycles. The fraction of sp³-hybridized carbons (Fsp3) is 0.462. The first-order chi connectivity index (χ1) is 16.2. The molecule has 2 saturated heterocycles. The second-order valence-corrected chi connectivity index (χ2v) is 14.2. The molecular weight excluding hydrogens is 450 g/mol. The summed E-state index contributed by atoms with van der Waals surface area (Å²) in [6, 6.07) is 20.4. The third-order valence-electron chi connectivity index (χ3n) is 6.58. The lowest BCUT2D eigenvalue weighted by Crippen LogP contribution is -2.66. The number of nitrogens with one attached hydrogen (secondary N) is 1. The molecule has 2 aliphatic rings. The largest absolute Gasteiger partial charge is 0.457 e. The number of alkyl carbamates (subject to hydrolysis) is 1. The molecule has 0 aliphatic carbocycles. The summed E-state index contributed by atoms with van der Waals surface area (Å²) in [5.74, 6) is -0.423. The van der Waals surface area contributed by atoms with Gasteiger partial charge in [-0.3, -0.25) is 4.79 Å². The van der Waals surface area contributed by atoms with Gasteiger partial charge in [0.25, 0.3) is 8.32 Å². The van der Waals surface area contributed by atoms with E-state index in [9.17, 15) is 9.59 Å². The van der Waals surface area contributed by atoms with Crippen LogP contribution in [0.15, 0.2) is 60.7 Å². The highest BCUT2D eigenvalue weighted by Crippen LogP contribution is 2.37. The topological polar surface area (TPSA) is 83.1 Å². The Kier molecular flexibility index (Phi) is 7.11. The quantitative estimate of drug-likeness (QED) is 0.482. The molecule has 34 heavy (non-hydrogen) atoms. The predicted octanol–water partition coefficient (Wildman–Crippen LogP) is 2.76. The smallest absolute Gasteiger partial charge is 0.408 e. The molecule has 0 spiro atoms. The van der Waals surface area contributed by atoms with Crippen LogP contribution in [0.25, 0.3) is 0 Å². The maximum atomic E-state index is 11.8. The monoisotopic (exact) mass is 483 g/mol. The molecule has 4 rings (SSSR count). The Morgan fingerprint density at radius 3 is 2.18 bits per heavy atom. The summed E-state index contributed by atoms with van der Waals surface area (Å²) in [6.07, 6.45) is -1.51. The van der Waals surface area contributed by atoms with E-state index in [1.54, 1.807) is 0 Å². The molecule has 2 aromatic rings. The minimum Gasteiger partial charge on any atom is -0.457 e. The van der Waals surface area contributed by atoms with Crippen LogP contribution in [0.3, 0.4) is 0 Å². The number of rotatable bonds is 7. The predicted molar refractivity (Wildman–Crippen MR) is 131 cm³/mol. The van der Waals surface area contributed by atoms with Gasteiger partial charge in [-0.05, 0) is 21.8 Å². The molecule has 4 atom stereocenters. The van der Waals surface area contributed by atoms with Gasteiger partial charge in [-0.25, -0.2) is 4.79 Å². The lowest BCUT2D eigenvalue weighted by Gasteiger charge is -2.43. The van der Waals surface area contributed by atoms with Crippen molar-refractivity contribution < 1.29 is 28.2 Å². The van der Waals surface area contributed by atoms with Crippen molar-refractivity contribution in [2.24, 2.45) is 0 Å². The second-order valence-electron chi connectivity index (χ2n) is 9.86. The molecule has 1 amide bonds. The van der Waals surface area contributed by atoms with Crippen LogP contribution in [0.2, 0.25) is 5.04 Å². The Balaban J connectivity index is 1.59. The molecule has 0 unspecified atom stereocenters. The van der Waals surface area contributed by atoms with Gasteiger partial charge >= 0.3 is 12.1 Å². The van der Waals surface area contributed by atoms with E-state index in [1.807, 2.05) is 12.1 Å². The van der Waals surface area contributed by atoms with Crippen molar-refractivity contribution in [1.29, 1.82) is 0 Å². The van der Waals surface area contributed by atoms with Crippen molar-refractivity contribution in [2.45, 2.75) is 63.5 Å². The maximum absolute atomic E-state index is 11.8. The van der Waals surface area contributed by atoms with E-state index in [4.69, 9.17) is 18.6 Å². The number of carbonyl (C=O) groups is 2. The minimum atomic E-state index is -2.68. The first-order valence-corrected chi connectivity index (χ1v) is 13.6. The van der Waals surface area contributed by atoms with Crippen molar-refractivity contribution in [1.82, 2.24) is 5.32 Å². The van der Waals surface area contributed by atoms with Crippen LogP contribution in [0.5, 0.6) is 0 Å². The van der Waals surface area contributed by atoms with Crippen molar-refractivity contribution in [3.8, 4) is 0 Å². The van der Waals surface area contributed by atoms with Crippen LogP contribution in [0.4, 0.5) is 4.79 Å². The molecule has 2 aliphatic heterocycles. The first-order valence-electron chi connectivity index (χ1n) is 11.7. The number of esters is 1. The Bertz CT molecular complexity index is 954. The SMILES string of the molecule is CC(=O)O[C@H]1[C@H]2NC(=O)O[C@H]2CO[C@H]1CCO[Si](c1ccccc1)(c1ccccc1)C(C)(C)C. The minimum absolute atomic E-state index is 0.142. The van der Waals surface area contributed by atoms with Crippen LogP contribution in [0, 0.1) is 0 Å². The number of benzene rings is 2. The fourth-order valence-corrected chi connectivity index (χ4v) is 9.71. The van der Waals surface area contributed by atoms with Crippen molar-refractivity contribution in [2.75, 3.05) is 13.2 Å². The van der Waals surface area contributed by atoms with E-state index in [0.717, 1.165) is 0 Å². The van der Waals surface area contributed by atoms with Crippen LogP contribution in [-0.2, 0) is 23.4 Å². The summed E-state index contributed by atoms with van der Waals surface area (Å²) in [4.78, 5) is 23.6. The fourth-order valence-electron chi connectivity index (χ4n) is 5.13. The number of fused-ring (bicyclic) bond motifs is 1. The van der Waals surface area contributed by atoms with Gasteiger partial charge in [0.05, 0.1) is 12.7 Å². The Morgan fingerprint density at radius 1 is 1.06 bits per heavy atom. The van der Waals surface area contributed by atoms with Gasteiger partial charge in [0.1, 0.15) is 6.04 Å². The Hall–Kier alpha value is -2.68. The summed E-state index contributed by atoms with van der Waals surface area (Å²) in [5.41, 5.74) is 0. The van der Waals surface area contributed by atoms with Crippen molar-refractivity contribution >= 4 is 30.8 Å². The van der Waals surface area contributed by atoms with Crippen LogP contribution >= 0.6 is 0 Å². The zero-order chi connectivity index (χ0) is 24.3. The molecule has 8 heteroatoms. The standard InChI is InChI=1S/C26H33NO6Si/c1-18(28)32-24-21(30-17-22-23(24)27-25(29)33-22)15-16-31-34(26(2,3)4,19-11-7-5-8-12-19)20-13-9-6-10-14-20/h5-14,21-24H,15-17H2,1-4H3,(H,27,29)/t21-,22-,23-,24+/m0/s1. The van der Waals surface area contributed by atoms with Gasteiger partial charge in [-0.1, -0.05) is 81.4 Å². The van der Waals surface area contributed by atoms with Crippen LogP contribution < -0.4 is 15.7 Å². The third kappa shape index (κ3) is 4.75. The molecular formula is C26H33NO6Si. The van der Waals surface area contributed by atoms with Gasteiger partial charge in [-0.15, -0.1) is 0 Å². The van der Waals surface area contributed by atoms with Crippen LogP contribution in [-0.4, -0.2) is 57.9 Å². The zero-order valence-electron chi connectivity index (χ0n) is 20.2. The number of amides is 1. The number of hydrogen-bond acceptors (Lipinski definition) is 6. The number of carbonyl (C=O) groups excluding carboxylic acids is 2. The summed E-state index contributed by atoms with van der Waals surface area (Å²) >= 11 is 0. The van der Waals surface area contributed by atoms with Gasteiger partial charge < -0.3 is 24.0 Å². The van der Waals surface area contributed by atoms with E-state index in [2.05, 4.69) is 74.6 Å². The summed E-state index contributed by atoms with van der Waals surface area (Å²) in [5, 5.41) is 5.03. The summed E-state index contributed by atoms with van der Waals surface area (Å²) in [7, 11) is -2.68. The average Bonchev–Trinajstić information content (AvgIpc) is 3.19. The first kappa shape index (κ1) is 24.4. The Morgan fingerprint density at radius 2 is 1.65 bits per heavy atom. The summed E-state index contributed by atoms with van der Waals surface area (Å²) < 4.78 is 23.8. The van der Waals surface area contributed by atoms with Gasteiger partial charge in [0.15, 0.2) is 12.2 Å². The van der Waals surface area contributed by atoms with E-state index < -0.39 is 44.7 Å². The molecule has 2 fully saturated rings. The maximum Gasteiger partial charge on any atom is 0.408 e. The molecule has 2 heterocycles. The molecule has 7 nitrogen and oxygen atoms in total. The molecule has 0 bridgehead atoms. The lowest BCUT2D eigenvalue weighted by atomic mass is 9.96. The average molecular weight is 484 g/mol. The molecule has 182 valence electrons. The van der Waals surface area contributed by atoms with Gasteiger partial charge in [0, 0.05) is 13.5 Å². The highest BCUT2D eigenvalue weighted by molar-refractivity contribution is 6.99. The third-order valence-corrected chi connectivity index (χ3v) is 11.6. The normalized spacial score (nSPS) is 24.6. The number of ether oxygens (including phenoxy) is 3. The Labute approximate surface area is 201 Å². The second kappa shape index (κ2) is 9.89. The molecule has 1 N–H and O–H groups in total. The highest BCUT2D eigenvalue weighted by Gasteiger charge is 2.52. The lowest BCUT2D eigenvalue weighted by molar-refractivity contribution is -0.173. The van der Waals surface area contributed by atoms with Crippen molar-refractivity contribution in [3.05, 3.63) is 60.7 Å². The molecule has 0 aromatic heterocycles.